The lowest BCUT2D eigenvalue weighted by atomic mass is 9.98. The molecule has 0 aliphatic heterocycles. The molecule has 0 aromatic heterocycles. The fraction of sp³-hybridized carbons (Fsp3) is 0.200. The Balaban J connectivity index is 2.53. The van der Waals surface area contributed by atoms with Gasteiger partial charge in [0.1, 0.15) is 0 Å². The second kappa shape index (κ2) is 6.98. The van der Waals surface area contributed by atoms with Crippen LogP contribution in [0.5, 0.6) is 0 Å². The summed E-state index contributed by atoms with van der Waals surface area (Å²) in [4.78, 5) is 0. The highest BCUT2D eigenvalue weighted by Crippen LogP contribution is 2.30. The highest BCUT2D eigenvalue weighted by atomic mass is 127. The number of halogens is 5. The van der Waals surface area contributed by atoms with Crippen LogP contribution in [0.1, 0.15) is 24.1 Å². The van der Waals surface area contributed by atoms with Crippen LogP contribution in [-0.4, -0.2) is 6.54 Å². The van der Waals surface area contributed by atoms with Crippen LogP contribution in [0.25, 0.3) is 0 Å². The summed E-state index contributed by atoms with van der Waals surface area (Å²) in [6.07, 6.45) is 0. The fourth-order valence-corrected chi connectivity index (χ4v) is 2.59. The van der Waals surface area contributed by atoms with Crippen LogP contribution in [0.15, 0.2) is 30.3 Å². The Morgan fingerprint density at radius 2 is 1.86 bits per heavy atom. The first-order valence-electron chi connectivity index (χ1n) is 6.27. The normalized spacial score (nSPS) is 12.5. The van der Waals surface area contributed by atoms with E-state index < -0.39 is 23.5 Å². The number of hydrogen-bond donors (Lipinski definition) is 1. The van der Waals surface area contributed by atoms with Crippen LogP contribution in [-0.2, 0) is 0 Å². The Morgan fingerprint density at radius 3 is 2.48 bits per heavy atom. The van der Waals surface area contributed by atoms with E-state index in [2.05, 4.69) is 27.9 Å². The van der Waals surface area contributed by atoms with Gasteiger partial charge in [-0.25, -0.2) is 13.2 Å². The molecule has 0 amide bonds. The van der Waals surface area contributed by atoms with E-state index in [1.165, 1.54) is 6.07 Å². The average molecular weight is 426 g/mol. The maximum absolute atomic E-state index is 14.0. The summed E-state index contributed by atoms with van der Waals surface area (Å²) < 4.78 is 41.4. The molecule has 112 valence electrons. The molecule has 1 N–H and O–H groups in total. The zero-order chi connectivity index (χ0) is 15.6. The minimum absolute atomic E-state index is 0.0491. The quantitative estimate of drug-likeness (QED) is 0.533. The van der Waals surface area contributed by atoms with Gasteiger partial charge in [-0.2, -0.15) is 0 Å². The molecule has 2 aromatic rings. The number of benzene rings is 2. The Morgan fingerprint density at radius 1 is 1.14 bits per heavy atom. The van der Waals surface area contributed by atoms with E-state index in [9.17, 15) is 13.2 Å². The molecule has 0 radical (unpaired) electrons. The van der Waals surface area contributed by atoms with Crippen LogP contribution in [0, 0.1) is 21.0 Å². The molecule has 0 saturated heterocycles. The van der Waals surface area contributed by atoms with Gasteiger partial charge in [0.2, 0.25) is 0 Å². The molecule has 0 bridgehead atoms. The topological polar surface area (TPSA) is 12.0 Å². The molecule has 0 spiro atoms. The molecular formula is C15H12ClF3IN. The Bertz CT molecular complexity index is 664. The van der Waals surface area contributed by atoms with Crippen molar-refractivity contribution in [2.45, 2.75) is 13.0 Å². The summed E-state index contributed by atoms with van der Waals surface area (Å²) in [5, 5.41) is 3.59. The summed E-state index contributed by atoms with van der Waals surface area (Å²) in [5.41, 5.74) is 0.736. The molecule has 0 saturated carbocycles. The molecule has 0 heterocycles. The number of hydrogen-bond acceptors (Lipinski definition) is 1. The molecule has 1 unspecified atom stereocenters. The summed E-state index contributed by atoms with van der Waals surface area (Å²) in [6.45, 7) is 2.38. The minimum atomic E-state index is -1.47. The van der Waals surface area contributed by atoms with Crippen molar-refractivity contribution in [3.05, 3.63) is 67.5 Å². The molecule has 2 aromatic carbocycles. The van der Waals surface area contributed by atoms with Gasteiger partial charge >= 0.3 is 0 Å². The minimum Gasteiger partial charge on any atom is -0.306 e. The Kier molecular flexibility index (Phi) is 5.51. The van der Waals surface area contributed by atoms with Gasteiger partial charge in [-0.3, -0.25) is 0 Å². The third-order valence-electron chi connectivity index (χ3n) is 3.06. The smallest absolute Gasteiger partial charge is 0.194 e. The van der Waals surface area contributed by atoms with Gasteiger partial charge < -0.3 is 5.32 Å². The predicted molar refractivity (Wildman–Crippen MR) is 86.0 cm³/mol. The molecule has 1 nitrogen and oxygen atoms in total. The van der Waals surface area contributed by atoms with Gasteiger partial charge in [-0.15, -0.1) is 0 Å². The summed E-state index contributed by atoms with van der Waals surface area (Å²) >= 11 is 8.16. The van der Waals surface area contributed by atoms with Crippen LogP contribution in [0.4, 0.5) is 13.2 Å². The van der Waals surface area contributed by atoms with Crippen molar-refractivity contribution in [2.75, 3.05) is 6.54 Å². The van der Waals surface area contributed by atoms with E-state index in [0.29, 0.717) is 17.1 Å². The highest BCUT2D eigenvalue weighted by molar-refractivity contribution is 14.1. The van der Waals surface area contributed by atoms with E-state index in [-0.39, 0.29) is 5.56 Å². The standard InChI is InChI=1S/C15H12ClF3IN/c1-2-21-15(8-3-6-12(20)10(16)7-8)9-4-5-11(17)14(19)13(9)18/h3-7,15,21H,2H2,1H3. The van der Waals surface area contributed by atoms with Crippen LogP contribution < -0.4 is 5.32 Å². The molecular weight excluding hydrogens is 414 g/mol. The first kappa shape index (κ1) is 16.6. The first-order chi connectivity index (χ1) is 9.95. The second-order valence-corrected chi connectivity index (χ2v) is 6.00. The lowest BCUT2D eigenvalue weighted by Crippen LogP contribution is -2.23. The van der Waals surface area contributed by atoms with Crippen LogP contribution in [0.2, 0.25) is 5.02 Å². The third kappa shape index (κ3) is 3.52. The van der Waals surface area contributed by atoms with E-state index in [1.54, 1.807) is 18.2 Å². The van der Waals surface area contributed by atoms with E-state index in [4.69, 9.17) is 11.6 Å². The number of nitrogens with one attached hydrogen (secondary N) is 1. The van der Waals surface area contributed by atoms with Crippen LogP contribution in [0.3, 0.4) is 0 Å². The Labute approximate surface area is 139 Å². The lowest BCUT2D eigenvalue weighted by molar-refractivity contribution is 0.433. The number of rotatable bonds is 4. The van der Waals surface area contributed by atoms with Crippen molar-refractivity contribution >= 4 is 34.2 Å². The maximum atomic E-state index is 14.0. The van der Waals surface area contributed by atoms with Gasteiger partial charge in [0, 0.05) is 9.13 Å². The van der Waals surface area contributed by atoms with Gasteiger partial charge in [0.15, 0.2) is 17.5 Å². The lowest BCUT2D eigenvalue weighted by Gasteiger charge is -2.20. The van der Waals surface area contributed by atoms with Gasteiger partial charge in [0.25, 0.3) is 0 Å². The van der Waals surface area contributed by atoms with Crippen molar-refractivity contribution in [1.29, 1.82) is 0 Å². The van der Waals surface area contributed by atoms with Crippen molar-refractivity contribution in [3.8, 4) is 0 Å². The average Bonchev–Trinajstić information content (AvgIpc) is 2.46. The second-order valence-electron chi connectivity index (χ2n) is 4.43. The third-order valence-corrected chi connectivity index (χ3v) is 4.63. The van der Waals surface area contributed by atoms with E-state index in [0.717, 1.165) is 9.64 Å². The SMILES string of the molecule is CCNC(c1ccc(I)c(Cl)c1)c1ccc(F)c(F)c1F. The molecule has 1 atom stereocenters. The van der Waals surface area contributed by atoms with Gasteiger partial charge in [-0.05, 0) is 52.9 Å². The molecule has 0 aliphatic carbocycles. The summed E-state index contributed by atoms with van der Waals surface area (Å²) in [5.74, 6) is -3.85. The van der Waals surface area contributed by atoms with Gasteiger partial charge in [-0.1, -0.05) is 30.7 Å². The fourth-order valence-electron chi connectivity index (χ4n) is 2.07. The van der Waals surface area contributed by atoms with Crippen molar-refractivity contribution in [1.82, 2.24) is 5.32 Å². The summed E-state index contributed by atoms with van der Waals surface area (Å²) in [7, 11) is 0. The molecule has 2 rings (SSSR count). The zero-order valence-electron chi connectivity index (χ0n) is 11.1. The van der Waals surface area contributed by atoms with E-state index >= 15 is 0 Å². The predicted octanol–water partition coefficient (Wildman–Crippen LogP) is 5.06. The van der Waals surface area contributed by atoms with Gasteiger partial charge in [0.05, 0.1) is 11.1 Å². The Hall–Kier alpha value is -0.790. The largest absolute Gasteiger partial charge is 0.306 e. The summed E-state index contributed by atoms with van der Waals surface area (Å²) in [6, 6.07) is 6.83. The highest BCUT2D eigenvalue weighted by Gasteiger charge is 2.22. The molecule has 0 aliphatic rings. The zero-order valence-corrected chi connectivity index (χ0v) is 14.0. The monoisotopic (exact) mass is 425 g/mol. The molecule has 6 heteroatoms. The van der Waals surface area contributed by atoms with Crippen molar-refractivity contribution in [3.63, 3.8) is 0 Å². The van der Waals surface area contributed by atoms with Crippen molar-refractivity contribution in [2.24, 2.45) is 0 Å². The van der Waals surface area contributed by atoms with Crippen molar-refractivity contribution < 1.29 is 13.2 Å². The first-order valence-corrected chi connectivity index (χ1v) is 7.73. The molecule has 21 heavy (non-hydrogen) atoms. The molecule has 0 fully saturated rings. The van der Waals surface area contributed by atoms with Crippen LogP contribution >= 0.6 is 34.2 Å². The van der Waals surface area contributed by atoms with E-state index in [1.807, 2.05) is 6.92 Å². The maximum Gasteiger partial charge on any atom is 0.194 e.